The number of amides is 1. The molecule has 1 amide bonds. The molecule has 2 heterocycles. The zero-order chi connectivity index (χ0) is 18.0. The van der Waals surface area contributed by atoms with Gasteiger partial charge >= 0.3 is 0 Å². The first-order chi connectivity index (χ1) is 12.0. The van der Waals surface area contributed by atoms with Crippen LogP contribution in [0.5, 0.6) is 5.75 Å². The van der Waals surface area contributed by atoms with Crippen molar-refractivity contribution in [1.29, 1.82) is 0 Å². The van der Waals surface area contributed by atoms with E-state index in [0.29, 0.717) is 17.3 Å². The quantitative estimate of drug-likeness (QED) is 0.820. The average molecular weight is 363 g/mol. The fraction of sp³-hybridized carbons (Fsp3) is 0.444. The smallest absolute Gasteiger partial charge is 0.273 e. The minimum Gasteiger partial charge on any atom is -0.492 e. The Morgan fingerprint density at radius 1 is 1.32 bits per heavy atom. The van der Waals surface area contributed by atoms with Crippen LogP contribution in [0.3, 0.4) is 0 Å². The fourth-order valence-corrected chi connectivity index (χ4v) is 3.11. The minimum absolute atomic E-state index is 0.0632. The Morgan fingerprint density at radius 3 is 2.72 bits per heavy atom. The Hall–Kier alpha value is -2.05. The molecule has 1 aromatic heterocycles. The van der Waals surface area contributed by atoms with Crippen molar-refractivity contribution in [2.75, 3.05) is 33.8 Å². The third kappa shape index (κ3) is 3.96. The number of hydrogen-bond donors (Lipinski definition) is 0. The van der Waals surface area contributed by atoms with E-state index in [9.17, 15) is 4.79 Å². The third-order valence-corrected chi connectivity index (χ3v) is 4.70. The van der Waals surface area contributed by atoms with Gasteiger partial charge in [-0.1, -0.05) is 11.6 Å². The highest BCUT2D eigenvalue weighted by molar-refractivity contribution is 6.30. The van der Waals surface area contributed by atoms with Gasteiger partial charge in [0, 0.05) is 44.9 Å². The van der Waals surface area contributed by atoms with Gasteiger partial charge in [0.1, 0.15) is 23.9 Å². The van der Waals surface area contributed by atoms with Crippen LogP contribution in [0.1, 0.15) is 29.3 Å². The van der Waals surface area contributed by atoms with Gasteiger partial charge in [-0.15, -0.1) is 0 Å². The molecule has 1 atom stereocenters. The molecule has 0 unspecified atom stereocenters. The van der Waals surface area contributed by atoms with Gasteiger partial charge in [-0.05, 0) is 31.2 Å². The van der Waals surface area contributed by atoms with E-state index >= 15 is 0 Å². The van der Waals surface area contributed by atoms with E-state index in [2.05, 4.69) is 21.4 Å². The lowest BCUT2D eigenvalue weighted by Gasteiger charge is -2.33. The van der Waals surface area contributed by atoms with Crippen molar-refractivity contribution in [3.8, 4) is 5.75 Å². The fourth-order valence-electron chi connectivity index (χ4n) is 2.99. The van der Waals surface area contributed by atoms with Crippen LogP contribution in [-0.2, 0) is 6.54 Å². The lowest BCUT2D eigenvalue weighted by molar-refractivity contribution is 0.0822. The predicted molar refractivity (Wildman–Crippen MR) is 97.2 cm³/mol. The average Bonchev–Trinajstić information content (AvgIpc) is 3.03. The van der Waals surface area contributed by atoms with E-state index in [1.54, 1.807) is 19.0 Å². The summed E-state index contributed by atoms with van der Waals surface area (Å²) in [4.78, 5) is 20.5. The molecule has 1 aliphatic heterocycles. The molecule has 0 spiro atoms. The molecular formula is C18H23ClN4O2. The summed E-state index contributed by atoms with van der Waals surface area (Å²) >= 11 is 5.88. The molecule has 7 heteroatoms. The van der Waals surface area contributed by atoms with Crippen molar-refractivity contribution < 1.29 is 9.53 Å². The molecule has 0 saturated carbocycles. The predicted octanol–water partition coefficient (Wildman–Crippen LogP) is 2.69. The number of imidazole rings is 1. The van der Waals surface area contributed by atoms with Crippen LogP contribution in [0.15, 0.2) is 30.5 Å². The van der Waals surface area contributed by atoms with Gasteiger partial charge in [-0.25, -0.2) is 4.98 Å². The second-order valence-electron chi connectivity index (χ2n) is 6.39. The van der Waals surface area contributed by atoms with E-state index in [-0.39, 0.29) is 11.9 Å². The molecule has 0 radical (unpaired) electrons. The number of carbonyl (C=O) groups excluding carboxylic acids is 1. The standard InChI is InChI=1S/C18H23ClN4O2/c1-13-17-20-16(18(24)21(2)3)12-23(17)9-8-22(13)10-11-25-15-6-4-14(19)5-7-15/h4-7,12-13H,8-11H2,1-3H3/t13-/m1/s1. The molecule has 1 aromatic carbocycles. The lowest BCUT2D eigenvalue weighted by Crippen LogP contribution is -2.39. The van der Waals surface area contributed by atoms with Crippen LogP contribution >= 0.6 is 11.6 Å². The number of nitrogens with zero attached hydrogens (tertiary/aromatic N) is 4. The molecule has 25 heavy (non-hydrogen) atoms. The molecular weight excluding hydrogens is 340 g/mol. The van der Waals surface area contributed by atoms with Crippen molar-refractivity contribution in [3.63, 3.8) is 0 Å². The Balaban J connectivity index is 1.60. The first-order valence-electron chi connectivity index (χ1n) is 8.37. The SMILES string of the molecule is C[C@@H]1c2nc(C(=O)N(C)C)cn2CCN1CCOc1ccc(Cl)cc1. The van der Waals surface area contributed by atoms with Gasteiger partial charge in [0.25, 0.3) is 5.91 Å². The highest BCUT2D eigenvalue weighted by Gasteiger charge is 2.27. The summed E-state index contributed by atoms with van der Waals surface area (Å²) in [6, 6.07) is 7.52. The molecule has 134 valence electrons. The zero-order valence-electron chi connectivity index (χ0n) is 14.8. The van der Waals surface area contributed by atoms with Crippen molar-refractivity contribution in [3.05, 3.63) is 47.0 Å². The maximum Gasteiger partial charge on any atom is 0.273 e. The molecule has 0 bridgehead atoms. The number of benzene rings is 1. The lowest BCUT2D eigenvalue weighted by atomic mass is 10.2. The van der Waals surface area contributed by atoms with Crippen molar-refractivity contribution in [1.82, 2.24) is 19.4 Å². The number of ether oxygens (including phenoxy) is 1. The number of aromatic nitrogens is 2. The summed E-state index contributed by atoms with van der Waals surface area (Å²) in [5, 5.41) is 0.701. The maximum atomic E-state index is 12.1. The van der Waals surface area contributed by atoms with Crippen LogP contribution in [-0.4, -0.2) is 59.0 Å². The second-order valence-corrected chi connectivity index (χ2v) is 6.83. The molecule has 0 fully saturated rings. The molecule has 1 aliphatic rings. The van der Waals surface area contributed by atoms with E-state index in [1.807, 2.05) is 30.5 Å². The Labute approximate surface area is 153 Å². The van der Waals surface area contributed by atoms with Gasteiger partial charge in [-0.2, -0.15) is 0 Å². The van der Waals surface area contributed by atoms with Gasteiger partial charge in [-0.3, -0.25) is 9.69 Å². The highest BCUT2D eigenvalue weighted by atomic mass is 35.5. The third-order valence-electron chi connectivity index (χ3n) is 4.44. The number of carbonyl (C=O) groups is 1. The summed E-state index contributed by atoms with van der Waals surface area (Å²) in [6.07, 6.45) is 1.86. The van der Waals surface area contributed by atoms with Crippen molar-refractivity contribution in [2.24, 2.45) is 0 Å². The highest BCUT2D eigenvalue weighted by Crippen LogP contribution is 2.24. The maximum absolute atomic E-state index is 12.1. The largest absolute Gasteiger partial charge is 0.492 e. The van der Waals surface area contributed by atoms with Gasteiger partial charge in [0.05, 0.1) is 6.04 Å². The number of halogens is 1. The van der Waals surface area contributed by atoms with Gasteiger partial charge < -0.3 is 14.2 Å². The number of rotatable bonds is 5. The van der Waals surface area contributed by atoms with E-state index in [1.165, 1.54) is 0 Å². The Kier molecular flexibility index (Phi) is 5.30. The van der Waals surface area contributed by atoms with Crippen LogP contribution in [0, 0.1) is 0 Å². The number of hydrogen-bond acceptors (Lipinski definition) is 4. The first kappa shape index (κ1) is 17.8. The monoisotopic (exact) mass is 362 g/mol. The van der Waals surface area contributed by atoms with Crippen LogP contribution in [0.25, 0.3) is 0 Å². The Morgan fingerprint density at radius 2 is 2.04 bits per heavy atom. The van der Waals surface area contributed by atoms with E-state index in [0.717, 1.165) is 31.2 Å². The Bertz CT molecular complexity index is 742. The van der Waals surface area contributed by atoms with Crippen LogP contribution < -0.4 is 4.74 Å². The van der Waals surface area contributed by atoms with Gasteiger partial charge in [0.15, 0.2) is 0 Å². The molecule has 0 N–H and O–H groups in total. The van der Waals surface area contributed by atoms with Crippen LogP contribution in [0.4, 0.5) is 0 Å². The molecule has 0 aliphatic carbocycles. The van der Waals surface area contributed by atoms with Crippen molar-refractivity contribution >= 4 is 17.5 Å². The second kappa shape index (κ2) is 7.45. The summed E-state index contributed by atoms with van der Waals surface area (Å²) in [7, 11) is 3.48. The summed E-state index contributed by atoms with van der Waals surface area (Å²) in [6.45, 7) is 5.24. The molecule has 2 aromatic rings. The molecule has 3 rings (SSSR count). The molecule has 0 saturated heterocycles. The summed E-state index contributed by atoms with van der Waals surface area (Å²) in [5.41, 5.74) is 0.506. The van der Waals surface area contributed by atoms with E-state index in [4.69, 9.17) is 16.3 Å². The van der Waals surface area contributed by atoms with Crippen LogP contribution in [0.2, 0.25) is 5.02 Å². The normalized spacial score (nSPS) is 17.2. The van der Waals surface area contributed by atoms with Gasteiger partial charge in [0.2, 0.25) is 0 Å². The minimum atomic E-state index is -0.0632. The summed E-state index contributed by atoms with van der Waals surface area (Å²) < 4.78 is 7.87. The summed E-state index contributed by atoms with van der Waals surface area (Å²) in [5.74, 6) is 1.68. The van der Waals surface area contributed by atoms with Crippen molar-refractivity contribution in [2.45, 2.75) is 19.5 Å². The first-order valence-corrected chi connectivity index (χ1v) is 8.74. The molecule has 6 nitrogen and oxygen atoms in total. The topological polar surface area (TPSA) is 50.6 Å². The zero-order valence-corrected chi connectivity index (χ0v) is 15.5. The van der Waals surface area contributed by atoms with E-state index < -0.39 is 0 Å². The number of fused-ring (bicyclic) bond motifs is 1.